The maximum absolute atomic E-state index is 6.19. The molecule has 0 atom stereocenters. The van der Waals surface area contributed by atoms with Gasteiger partial charge in [0.15, 0.2) is 0 Å². The second kappa shape index (κ2) is 4.67. The molecule has 0 bridgehead atoms. The standard InChI is InChI=1S/C6H16Cl2N2Si/c1-5-10(6-2)11(7,8)9(3)4/h5-6H2,1-4H3. The van der Waals surface area contributed by atoms with Gasteiger partial charge in [-0.3, -0.25) is 9.13 Å². The lowest BCUT2D eigenvalue weighted by molar-refractivity contribution is 0.432. The van der Waals surface area contributed by atoms with Crippen LogP contribution in [0.3, 0.4) is 0 Å². The summed E-state index contributed by atoms with van der Waals surface area (Å²) in [5, 5.41) is 0. The second-order valence-corrected chi connectivity index (χ2v) is 8.86. The maximum Gasteiger partial charge on any atom is 0.408 e. The highest BCUT2D eigenvalue weighted by Crippen LogP contribution is 2.21. The summed E-state index contributed by atoms with van der Waals surface area (Å²) < 4.78 is 4.03. The van der Waals surface area contributed by atoms with E-state index in [4.69, 9.17) is 22.2 Å². The molecule has 68 valence electrons. The first-order valence-electron chi connectivity index (χ1n) is 3.77. The van der Waals surface area contributed by atoms with Crippen LogP contribution in [0.2, 0.25) is 0 Å². The van der Waals surface area contributed by atoms with Crippen molar-refractivity contribution in [3.63, 3.8) is 0 Å². The molecule has 0 aromatic rings. The summed E-state index contributed by atoms with van der Waals surface area (Å²) in [5.41, 5.74) is 0. The van der Waals surface area contributed by atoms with E-state index in [0.29, 0.717) is 0 Å². The molecular formula is C6H16Cl2N2Si. The topological polar surface area (TPSA) is 6.48 Å². The van der Waals surface area contributed by atoms with Crippen molar-refractivity contribution in [3.05, 3.63) is 0 Å². The van der Waals surface area contributed by atoms with E-state index in [0.717, 1.165) is 13.1 Å². The highest BCUT2D eigenvalue weighted by atomic mass is 35.7. The average Bonchev–Trinajstić information content (AvgIpc) is 1.89. The summed E-state index contributed by atoms with van der Waals surface area (Å²) in [6.07, 6.45) is 0. The van der Waals surface area contributed by atoms with Crippen molar-refractivity contribution in [1.82, 2.24) is 9.13 Å². The van der Waals surface area contributed by atoms with E-state index in [1.165, 1.54) is 0 Å². The van der Waals surface area contributed by atoms with Crippen LogP contribution in [0.25, 0.3) is 0 Å². The third-order valence-electron chi connectivity index (χ3n) is 1.68. The molecule has 0 aliphatic carbocycles. The van der Waals surface area contributed by atoms with Gasteiger partial charge in [-0.1, -0.05) is 13.8 Å². The Hall–Kier alpha value is 0.717. The molecule has 0 radical (unpaired) electrons. The maximum atomic E-state index is 6.19. The minimum Gasteiger partial charge on any atom is -0.293 e. The Morgan fingerprint density at radius 1 is 1.09 bits per heavy atom. The number of nitrogens with zero attached hydrogens (tertiary/aromatic N) is 2. The Bertz CT molecular complexity index is 115. The molecule has 0 aliphatic rings. The van der Waals surface area contributed by atoms with E-state index in [9.17, 15) is 0 Å². The van der Waals surface area contributed by atoms with E-state index in [-0.39, 0.29) is 0 Å². The summed E-state index contributed by atoms with van der Waals surface area (Å²) >= 11 is 12.4. The predicted octanol–water partition coefficient (Wildman–Crippen LogP) is 1.80. The first-order chi connectivity index (χ1) is 4.96. The van der Waals surface area contributed by atoms with Gasteiger partial charge >= 0.3 is 7.02 Å². The zero-order chi connectivity index (χ0) is 9.07. The number of hydrogen-bond acceptors (Lipinski definition) is 2. The van der Waals surface area contributed by atoms with Crippen LogP contribution in [-0.4, -0.2) is 43.3 Å². The Kier molecular flexibility index (Phi) is 4.98. The minimum atomic E-state index is -2.30. The van der Waals surface area contributed by atoms with Crippen molar-refractivity contribution >= 4 is 29.2 Å². The van der Waals surface area contributed by atoms with Gasteiger partial charge in [0.25, 0.3) is 0 Å². The summed E-state index contributed by atoms with van der Waals surface area (Å²) in [5.74, 6) is 0. The Labute approximate surface area is 79.6 Å². The third-order valence-corrected chi connectivity index (χ3v) is 7.61. The fraction of sp³-hybridized carbons (Fsp3) is 1.00. The van der Waals surface area contributed by atoms with Gasteiger partial charge < -0.3 is 0 Å². The van der Waals surface area contributed by atoms with Crippen LogP contribution in [0.15, 0.2) is 0 Å². The molecule has 0 N–H and O–H groups in total. The summed E-state index contributed by atoms with van der Waals surface area (Å²) in [4.78, 5) is 0. The molecule has 0 heterocycles. The van der Waals surface area contributed by atoms with E-state index in [1.807, 2.05) is 18.7 Å². The van der Waals surface area contributed by atoms with Crippen LogP contribution < -0.4 is 0 Å². The molecule has 0 aromatic heterocycles. The van der Waals surface area contributed by atoms with Crippen molar-refractivity contribution < 1.29 is 0 Å². The van der Waals surface area contributed by atoms with Gasteiger partial charge in [-0.05, 0) is 27.2 Å². The lowest BCUT2D eigenvalue weighted by atomic mass is 10.7. The van der Waals surface area contributed by atoms with E-state index in [2.05, 4.69) is 18.4 Å². The van der Waals surface area contributed by atoms with Crippen molar-refractivity contribution in [2.45, 2.75) is 13.8 Å². The normalized spacial score (nSPS) is 13.1. The van der Waals surface area contributed by atoms with Crippen LogP contribution in [-0.2, 0) is 0 Å². The van der Waals surface area contributed by atoms with Gasteiger partial charge in [-0.2, -0.15) is 0 Å². The van der Waals surface area contributed by atoms with Gasteiger partial charge in [-0.15, -0.1) is 22.2 Å². The number of rotatable bonds is 4. The second-order valence-electron chi connectivity index (χ2n) is 2.58. The molecule has 5 heteroatoms. The van der Waals surface area contributed by atoms with Crippen molar-refractivity contribution in [2.24, 2.45) is 0 Å². The number of halogens is 2. The van der Waals surface area contributed by atoms with Gasteiger partial charge in [-0.25, -0.2) is 0 Å². The molecule has 0 amide bonds. The Morgan fingerprint density at radius 3 is 1.55 bits per heavy atom. The quantitative estimate of drug-likeness (QED) is 0.521. The van der Waals surface area contributed by atoms with E-state index >= 15 is 0 Å². The number of hydrogen-bond donors (Lipinski definition) is 0. The van der Waals surface area contributed by atoms with Crippen molar-refractivity contribution in [2.75, 3.05) is 27.2 Å². The molecule has 0 saturated carbocycles. The predicted molar refractivity (Wildman–Crippen MR) is 54.1 cm³/mol. The SMILES string of the molecule is CCN(CC)[Si](Cl)(Cl)N(C)C. The molecule has 0 saturated heterocycles. The molecule has 0 unspecified atom stereocenters. The monoisotopic (exact) mass is 214 g/mol. The molecule has 11 heavy (non-hydrogen) atoms. The fourth-order valence-electron chi connectivity index (χ4n) is 0.887. The molecule has 0 aliphatic heterocycles. The summed E-state index contributed by atoms with van der Waals surface area (Å²) in [6.45, 7) is 5.96. The summed E-state index contributed by atoms with van der Waals surface area (Å²) in [7, 11) is 1.54. The van der Waals surface area contributed by atoms with Crippen molar-refractivity contribution in [3.8, 4) is 0 Å². The molecular weight excluding hydrogens is 199 g/mol. The summed E-state index contributed by atoms with van der Waals surface area (Å²) in [6, 6.07) is 0. The van der Waals surface area contributed by atoms with Crippen molar-refractivity contribution in [1.29, 1.82) is 0 Å². The zero-order valence-corrected chi connectivity index (χ0v) is 10.1. The van der Waals surface area contributed by atoms with Crippen LogP contribution in [0.5, 0.6) is 0 Å². The van der Waals surface area contributed by atoms with Gasteiger partial charge in [0.2, 0.25) is 0 Å². The first-order valence-corrected chi connectivity index (χ1v) is 7.68. The highest BCUT2D eigenvalue weighted by molar-refractivity contribution is 7.42. The molecule has 0 rings (SSSR count). The Balaban J connectivity index is 4.24. The zero-order valence-electron chi connectivity index (χ0n) is 7.56. The fourth-order valence-corrected chi connectivity index (χ4v) is 3.65. The molecule has 2 nitrogen and oxygen atoms in total. The smallest absolute Gasteiger partial charge is 0.293 e. The van der Waals surface area contributed by atoms with Gasteiger partial charge in [0, 0.05) is 0 Å². The minimum absolute atomic E-state index is 0.911. The lowest BCUT2D eigenvalue weighted by Gasteiger charge is -2.34. The average molecular weight is 215 g/mol. The van der Waals surface area contributed by atoms with Crippen LogP contribution in [0, 0.1) is 0 Å². The first kappa shape index (κ1) is 11.7. The Morgan fingerprint density at radius 2 is 1.45 bits per heavy atom. The van der Waals surface area contributed by atoms with Crippen LogP contribution in [0.1, 0.15) is 13.8 Å². The van der Waals surface area contributed by atoms with Gasteiger partial charge in [0.1, 0.15) is 0 Å². The highest BCUT2D eigenvalue weighted by Gasteiger charge is 2.38. The lowest BCUT2D eigenvalue weighted by Crippen LogP contribution is -2.55. The molecule has 0 spiro atoms. The molecule has 0 aromatic carbocycles. The largest absolute Gasteiger partial charge is 0.408 e. The van der Waals surface area contributed by atoms with Crippen LogP contribution in [0.4, 0.5) is 0 Å². The third kappa shape index (κ3) is 2.91. The van der Waals surface area contributed by atoms with E-state index < -0.39 is 7.02 Å². The van der Waals surface area contributed by atoms with E-state index in [1.54, 1.807) is 0 Å². The molecule has 0 fully saturated rings. The van der Waals surface area contributed by atoms with Gasteiger partial charge in [0.05, 0.1) is 0 Å². The van der Waals surface area contributed by atoms with Crippen LogP contribution >= 0.6 is 22.2 Å².